The number of ether oxygens (including phenoxy) is 2. The van der Waals surface area contributed by atoms with E-state index in [1.54, 1.807) is 6.07 Å². The van der Waals surface area contributed by atoms with Crippen molar-refractivity contribution in [3.63, 3.8) is 0 Å². The minimum absolute atomic E-state index is 0. The number of rotatable bonds is 9. The minimum Gasteiger partial charge on any atom is -0.493 e. The summed E-state index contributed by atoms with van der Waals surface area (Å²) in [6, 6.07) is 4.61. The normalized spacial score (nSPS) is 9.88. The number of benzene rings is 1. The van der Waals surface area contributed by atoms with Crippen molar-refractivity contribution in [3.05, 3.63) is 23.8 Å². The van der Waals surface area contributed by atoms with Gasteiger partial charge in [-0.3, -0.25) is 9.59 Å². The number of alkyl halides is 2. The fourth-order valence-electron chi connectivity index (χ4n) is 1.72. The summed E-state index contributed by atoms with van der Waals surface area (Å²) in [7, 11) is 1.35. The number of carbonyl (C=O) groups excluding carboxylic acids is 2. The molecule has 4 N–H and O–H groups in total. The molecule has 0 aliphatic rings. The number of hydrogen-bond acceptors (Lipinski definition) is 5. The summed E-state index contributed by atoms with van der Waals surface area (Å²) in [6.07, 6.45) is 0.403. The fraction of sp³-hybridized carbons (Fsp3) is 0.429. The van der Waals surface area contributed by atoms with Crippen molar-refractivity contribution in [3.8, 4) is 11.5 Å². The number of halogens is 3. The van der Waals surface area contributed by atoms with Gasteiger partial charge in [0.05, 0.1) is 20.2 Å². The first-order chi connectivity index (χ1) is 11.0. The maximum absolute atomic E-state index is 12.3. The molecule has 10 heteroatoms. The summed E-state index contributed by atoms with van der Waals surface area (Å²) in [4.78, 5) is 22.4. The van der Waals surface area contributed by atoms with Crippen LogP contribution < -0.4 is 25.8 Å². The summed E-state index contributed by atoms with van der Waals surface area (Å²) >= 11 is 0. The quantitative estimate of drug-likeness (QED) is 0.588. The van der Waals surface area contributed by atoms with Crippen LogP contribution >= 0.6 is 12.4 Å². The summed E-state index contributed by atoms with van der Waals surface area (Å²) in [5.41, 5.74) is 5.78. The Labute approximate surface area is 144 Å². The molecule has 1 aromatic carbocycles. The van der Waals surface area contributed by atoms with E-state index < -0.39 is 12.5 Å². The lowest BCUT2D eigenvalue weighted by Gasteiger charge is -2.12. The van der Waals surface area contributed by atoms with Gasteiger partial charge < -0.3 is 25.8 Å². The summed E-state index contributed by atoms with van der Waals surface area (Å²) in [5.74, 6) is -0.669. The highest BCUT2D eigenvalue weighted by atomic mass is 35.5. The van der Waals surface area contributed by atoms with Crippen LogP contribution in [0.1, 0.15) is 5.56 Å². The van der Waals surface area contributed by atoms with E-state index in [1.807, 2.05) is 0 Å². The molecule has 2 amide bonds. The highest BCUT2D eigenvalue weighted by molar-refractivity contribution is 5.85. The third-order valence-corrected chi connectivity index (χ3v) is 2.81. The van der Waals surface area contributed by atoms with Crippen molar-refractivity contribution >= 4 is 24.2 Å². The van der Waals surface area contributed by atoms with Crippen LogP contribution in [0.2, 0.25) is 0 Å². The number of amides is 2. The number of nitrogens with two attached hydrogens (primary N) is 1. The van der Waals surface area contributed by atoms with Crippen LogP contribution in [0.5, 0.6) is 11.5 Å². The van der Waals surface area contributed by atoms with E-state index in [0.717, 1.165) is 0 Å². The SMILES string of the molecule is COc1ccc(CCNC(=O)CNC(=O)CN)cc1OC(F)F.Cl. The molecule has 0 aliphatic heterocycles. The Hall–Kier alpha value is -2.13. The Morgan fingerprint density at radius 3 is 2.50 bits per heavy atom. The molecular formula is C14H20ClF2N3O4. The minimum atomic E-state index is -2.95. The first-order valence-corrected chi connectivity index (χ1v) is 6.81. The number of hydrogen-bond donors (Lipinski definition) is 3. The molecule has 0 radical (unpaired) electrons. The topological polar surface area (TPSA) is 103 Å². The molecule has 7 nitrogen and oxygen atoms in total. The lowest BCUT2D eigenvalue weighted by molar-refractivity contribution is -0.125. The molecule has 0 aliphatic carbocycles. The van der Waals surface area contributed by atoms with Gasteiger partial charge in [-0.2, -0.15) is 8.78 Å². The lowest BCUT2D eigenvalue weighted by atomic mass is 10.1. The van der Waals surface area contributed by atoms with Gasteiger partial charge in [0.15, 0.2) is 11.5 Å². The van der Waals surface area contributed by atoms with Gasteiger partial charge in [0.25, 0.3) is 0 Å². The molecule has 0 atom stereocenters. The second kappa shape index (κ2) is 11.4. The first kappa shape index (κ1) is 21.9. The zero-order valence-corrected chi connectivity index (χ0v) is 13.8. The van der Waals surface area contributed by atoms with E-state index in [-0.39, 0.29) is 49.4 Å². The van der Waals surface area contributed by atoms with E-state index in [2.05, 4.69) is 15.4 Å². The van der Waals surface area contributed by atoms with Gasteiger partial charge in [0.1, 0.15) is 0 Å². The van der Waals surface area contributed by atoms with Gasteiger partial charge in [0, 0.05) is 6.54 Å². The predicted molar refractivity (Wildman–Crippen MR) is 85.7 cm³/mol. The smallest absolute Gasteiger partial charge is 0.387 e. The van der Waals surface area contributed by atoms with Crippen molar-refractivity contribution in [1.82, 2.24) is 10.6 Å². The standard InChI is InChI=1S/C14H19F2N3O4.ClH/c1-22-10-3-2-9(6-11(10)23-14(15)16)4-5-18-13(21)8-19-12(20)7-17;/h2-3,6,14H,4-5,7-8,17H2,1H3,(H,18,21)(H,19,20);1H. The third-order valence-electron chi connectivity index (χ3n) is 2.81. The van der Waals surface area contributed by atoms with E-state index in [0.29, 0.717) is 12.0 Å². The average molecular weight is 368 g/mol. The van der Waals surface area contributed by atoms with Crippen LogP contribution in [-0.2, 0) is 16.0 Å². The van der Waals surface area contributed by atoms with Crippen molar-refractivity contribution in [2.75, 3.05) is 26.7 Å². The second-order valence-corrected chi connectivity index (χ2v) is 4.44. The molecule has 1 aromatic rings. The molecule has 0 saturated carbocycles. The monoisotopic (exact) mass is 367 g/mol. The van der Waals surface area contributed by atoms with Gasteiger partial charge in [-0.25, -0.2) is 0 Å². The van der Waals surface area contributed by atoms with Crippen LogP contribution in [0.3, 0.4) is 0 Å². The third kappa shape index (κ3) is 7.93. The summed E-state index contributed by atoms with van der Waals surface area (Å²) in [6.45, 7) is -3.03. The predicted octanol–water partition coefficient (Wildman–Crippen LogP) is 0.452. The average Bonchev–Trinajstić information content (AvgIpc) is 2.52. The highest BCUT2D eigenvalue weighted by Crippen LogP contribution is 2.29. The Bertz CT molecular complexity index is 547. The number of nitrogens with one attached hydrogen (secondary N) is 2. The zero-order chi connectivity index (χ0) is 17.2. The van der Waals surface area contributed by atoms with Crippen molar-refractivity contribution in [2.24, 2.45) is 5.73 Å². The van der Waals surface area contributed by atoms with Gasteiger partial charge >= 0.3 is 6.61 Å². The van der Waals surface area contributed by atoms with Crippen LogP contribution in [-0.4, -0.2) is 45.2 Å². The molecule has 1 rings (SSSR count). The van der Waals surface area contributed by atoms with E-state index in [4.69, 9.17) is 10.5 Å². The first-order valence-electron chi connectivity index (χ1n) is 6.81. The highest BCUT2D eigenvalue weighted by Gasteiger charge is 2.11. The number of carbonyl (C=O) groups is 2. The molecule has 0 spiro atoms. The molecule has 24 heavy (non-hydrogen) atoms. The zero-order valence-electron chi connectivity index (χ0n) is 13.0. The molecular weight excluding hydrogens is 348 g/mol. The Morgan fingerprint density at radius 2 is 1.92 bits per heavy atom. The molecule has 0 bridgehead atoms. The molecule has 0 heterocycles. The van der Waals surface area contributed by atoms with E-state index in [1.165, 1.54) is 19.2 Å². The molecule has 0 aromatic heterocycles. The Morgan fingerprint density at radius 1 is 1.21 bits per heavy atom. The maximum atomic E-state index is 12.3. The molecule has 0 saturated heterocycles. The molecule has 136 valence electrons. The lowest BCUT2D eigenvalue weighted by Crippen LogP contribution is -2.40. The van der Waals surface area contributed by atoms with Crippen LogP contribution in [0.15, 0.2) is 18.2 Å². The van der Waals surface area contributed by atoms with Crippen molar-refractivity contribution in [2.45, 2.75) is 13.0 Å². The Balaban J connectivity index is 0.00000529. The van der Waals surface area contributed by atoms with E-state index in [9.17, 15) is 18.4 Å². The fourth-order valence-corrected chi connectivity index (χ4v) is 1.72. The summed E-state index contributed by atoms with van der Waals surface area (Å²) < 4.78 is 34.0. The van der Waals surface area contributed by atoms with Crippen LogP contribution in [0, 0.1) is 0 Å². The van der Waals surface area contributed by atoms with Crippen molar-refractivity contribution in [1.29, 1.82) is 0 Å². The molecule has 0 unspecified atom stereocenters. The van der Waals surface area contributed by atoms with Crippen molar-refractivity contribution < 1.29 is 27.8 Å². The Kier molecular flexibility index (Phi) is 10.4. The van der Waals surface area contributed by atoms with E-state index >= 15 is 0 Å². The maximum Gasteiger partial charge on any atom is 0.387 e. The van der Waals surface area contributed by atoms with Gasteiger partial charge in [-0.15, -0.1) is 12.4 Å². The summed E-state index contributed by atoms with van der Waals surface area (Å²) in [5, 5.41) is 4.92. The second-order valence-electron chi connectivity index (χ2n) is 4.44. The van der Waals surface area contributed by atoms with Gasteiger partial charge in [-0.1, -0.05) is 6.07 Å². The molecule has 0 fully saturated rings. The van der Waals surface area contributed by atoms with Crippen LogP contribution in [0.25, 0.3) is 0 Å². The number of methoxy groups -OCH3 is 1. The van der Waals surface area contributed by atoms with Gasteiger partial charge in [-0.05, 0) is 24.1 Å². The van der Waals surface area contributed by atoms with Gasteiger partial charge in [0.2, 0.25) is 11.8 Å². The largest absolute Gasteiger partial charge is 0.493 e. The van der Waals surface area contributed by atoms with Crippen LogP contribution in [0.4, 0.5) is 8.78 Å².